The number of carbonyl (C=O) groups excluding carboxylic acids is 1. The van der Waals surface area contributed by atoms with Crippen molar-refractivity contribution in [3.63, 3.8) is 0 Å². The molecule has 0 bridgehead atoms. The molecule has 1 rings (SSSR count). The number of nitrogens with one attached hydrogen (secondary N) is 2. The Balaban J connectivity index is 2.65. The monoisotopic (exact) mass is 252 g/mol. The lowest BCUT2D eigenvalue weighted by Gasteiger charge is -2.14. The Bertz CT molecular complexity index is 409. The first-order valence-electron chi connectivity index (χ1n) is 5.85. The van der Waals surface area contributed by atoms with E-state index in [0.717, 1.165) is 22.4 Å². The molecule has 0 aliphatic heterocycles. The number of aliphatic hydroxyl groups is 2. The molecule has 100 valence electrons. The molecule has 1 aromatic rings. The third-order valence-corrected chi connectivity index (χ3v) is 2.62. The van der Waals surface area contributed by atoms with Crippen molar-refractivity contribution in [2.24, 2.45) is 0 Å². The molecule has 0 aliphatic carbocycles. The molecule has 18 heavy (non-hydrogen) atoms. The normalized spacial score (nSPS) is 12.1. The number of anilines is 1. The van der Waals surface area contributed by atoms with Crippen LogP contribution in [0.1, 0.15) is 16.7 Å². The number of carbonyl (C=O) groups is 1. The summed E-state index contributed by atoms with van der Waals surface area (Å²) >= 11 is 0. The van der Waals surface area contributed by atoms with Crippen LogP contribution in [-0.4, -0.2) is 35.5 Å². The number of rotatable bonds is 4. The van der Waals surface area contributed by atoms with Gasteiger partial charge in [0.25, 0.3) is 0 Å². The second kappa shape index (κ2) is 6.37. The molecule has 4 N–H and O–H groups in total. The lowest BCUT2D eigenvalue weighted by atomic mass is 10.1. The maximum Gasteiger partial charge on any atom is 0.319 e. The minimum atomic E-state index is -0.934. The van der Waals surface area contributed by atoms with Crippen LogP contribution in [0.15, 0.2) is 12.1 Å². The Morgan fingerprint density at radius 2 is 1.83 bits per heavy atom. The summed E-state index contributed by atoms with van der Waals surface area (Å²) < 4.78 is 0. The van der Waals surface area contributed by atoms with Gasteiger partial charge in [-0.3, -0.25) is 0 Å². The van der Waals surface area contributed by atoms with Crippen LogP contribution in [0.5, 0.6) is 0 Å². The largest absolute Gasteiger partial charge is 0.394 e. The van der Waals surface area contributed by atoms with Crippen molar-refractivity contribution >= 4 is 11.7 Å². The summed E-state index contributed by atoms with van der Waals surface area (Å²) in [6.07, 6.45) is -0.934. The van der Waals surface area contributed by atoms with Crippen LogP contribution in [0.4, 0.5) is 10.5 Å². The van der Waals surface area contributed by atoms with Crippen LogP contribution in [0, 0.1) is 20.8 Å². The minimum Gasteiger partial charge on any atom is -0.394 e. The van der Waals surface area contributed by atoms with E-state index >= 15 is 0 Å². The van der Waals surface area contributed by atoms with Crippen molar-refractivity contribution in [3.8, 4) is 0 Å². The number of aryl methyl sites for hydroxylation is 3. The van der Waals surface area contributed by atoms with Gasteiger partial charge in [0.15, 0.2) is 0 Å². The summed E-state index contributed by atoms with van der Waals surface area (Å²) in [5.41, 5.74) is 3.90. The number of hydrogen-bond acceptors (Lipinski definition) is 3. The van der Waals surface area contributed by atoms with Gasteiger partial charge in [0.2, 0.25) is 0 Å². The number of hydrogen-bond donors (Lipinski definition) is 4. The Kier molecular flexibility index (Phi) is 5.12. The third-order valence-electron chi connectivity index (χ3n) is 2.62. The van der Waals surface area contributed by atoms with Crippen LogP contribution in [0.2, 0.25) is 0 Å². The van der Waals surface area contributed by atoms with Crippen LogP contribution >= 0.6 is 0 Å². The van der Waals surface area contributed by atoms with E-state index in [1.54, 1.807) is 0 Å². The topological polar surface area (TPSA) is 81.6 Å². The van der Waals surface area contributed by atoms with Gasteiger partial charge in [0, 0.05) is 12.2 Å². The van der Waals surface area contributed by atoms with E-state index in [0.29, 0.717) is 0 Å². The Hall–Kier alpha value is -1.59. The zero-order chi connectivity index (χ0) is 13.7. The number of benzene rings is 1. The number of amides is 2. The highest BCUT2D eigenvalue weighted by atomic mass is 16.3. The SMILES string of the molecule is Cc1cc(C)c(NC(=O)NCC(O)CO)c(C)c1. The Morgan fingerprint density at radius 3 is 2.33 bits per heavy atom. The van der Waals surface area contributed by atoms with Crippen molar-refractivity contribution in [2.45, 2.75) is 26.9 Å². The third kappa shape index (κ3) is 4.01. The van der Waals surface area contributed by atoms with Crippen LogP contribution in [0.3, 0.4) is 0 Å². The maximum absolute atomic E-state index is 11.6. The Labute approximate surface area is 107 Å². The molecule has 0 saturated heterocycles. The predicted molar refractivity (Wildman–Crippen MR) is 70.8 cm³/mol. The van der Waals surface area contributed by atoms with Crippen molar-refractivity contribution < 1.29 is 15.0 Å². The maximum atomic E-state index is 11.6. The highest BCUT2D eigenvalue weighted by Crippen LogP contribution is 2.21. The van der Waals surface area contributed by atoms with Gasteiger partial charge in [-0.05, 0) is 31.9 Å². The second-order valence-electron chi connectivity index (χ2n) is 4.45. The fourth-order valence-corrected chi connectivity index (χ4v) is 1.81. The summed E-state index contributed by atoms with van der Waals surface area (Å²) in [7, 11) is 0. The Morgan fingerprint density at radius 1 is 1.28 bits per heavy atom. The average molecular weight is 252 g/mol. The summed E-state index contributed by atoms with van der Waals surface area (Å²) in [5.74, 6) is 0. The molecule has 0 aromatic heterocycles. The zero-order valence-electron chi connectivity index (χ0n) is 10.9. The molecular formula is C13H20N2O3. The molecule has 5 heteroatoms. The lowest BCUT2D eigenvalue weighted by Crippen LogP contribution is -2.36. The van der Waals surface area contributed by atoms with Gasteiger partial charge in [-0.25, -0.2) is 4.79 Å². The molecular weight excluding hydrogens is 232 g/mol. The van der Waals surface area contributed by atoms with E-state index in [-0.39, 0.29) is 13.2 Å². The first-order chi connectivity index (χ1) is 8.43. The van der Waals surface area contributed by atoms with Crippen molar-refractivity contribution in [1.82, 2.24) is 5.32 Å². The first kappa shape index (κ1) is 14.5. The predicted octanol–water partition coefficient (Wildman–Crippen LogP) is 1.09. The van der Waals surface area contributed by atoms with Gasteiger partial charge < -0.3 is 20.8 Å². The van der Waals surface area contributed by atoms with Crippen LogP contribution in [0.25, 0.3) is 0 Å². The van der Waals surface area contributed by atoms with Crippen LogP contribution < -0.4 is 10.6 Å². The molecule has 0 fully saturated rings. The number of aliphatic hydroxyl groups excluding tert-OH is 2. The standard InChI is InChI=1S/C13H20N2O3/c1-8-4-9(2)12(10(3)5-8)15-13(18)14-6-11(17)7-16/h4-5,11,16-17H,6-7H2,1-3H3,(H2,14,15,18). The summed E-state index contributed by atoms with van der Waals surface area (Å²) in [5, 5.41) is 23.0. The van der Waals surface area contributed by atoms with Gasteiger partial charge in [-0.1, -0.05) is 17.7 Å². The molecule has 0 spiro atoms. The summed E-state index contributed by atoms with van der Waals surface area (Å²) in [4.78, 5) is 11.6. The molecule has 1 unspecified atom stereocenters. The fraction of sp³-hybridized carbons (Fsp3) is 0.462. The summed E-state index contributed by atoms with van der Waals surface area (Å²) in [6, 6.07) is 3.59. The van der Waals surface area contributed by atoms with Gasteiger partial charge >= 0.3 is 6.03 Å². The molecule has 5 nitrogen and oxygen atoms in total. The van der Waals surface area contributed by atoms with E-state index in [1.165, 1.54) is 0 Å². The second-order valence-corrected chi connectivity index (χ2v) is 4.45. The van der Waals surface area contributed by atoms with E-state index < -0.39 is 12.1 Å². The molecule has 2 amide bonds. The molecule has 0 heterocycles. The molecule has 0 radical (unpaired) electrons. The van der Waals surface area contributed by atoms with Crippen LogP contribution in [-0.2, 0) is 0 Å². The minimum absolute atomic E-state index is 0.0201. The lowest BCUT2D eigenvalue weighted by molar-refractivity contribution is 0.0965. The van der Waals surface area contributed by atoms with Crippen molar-refractivity contribution in [1.29, 1.82) is 0 Å². The quantitative estimate of drug-likeness (QED) is 0.647. The van der Waals surface area contributed by atoms with Crippen molar-refractivity contribution in [2.75, 3.05) is 18.5 Å². The van der Waals surface area contributed by atoms with E-state index in [2.05, 4.69) is 10.6 Å². The van der Waals surface area contributed by atoms with Crippen molar-refractivity contribution in [3.05, 3.63) is 28.8 Å². The number of urea groups is 1. The highest BCUT2D eigenvalue weighted by Gasteiger charge is 2.09. The van der Waals surface area contributed by atoms with Gasteiger partial charge in [-0.2, -0.15) is 0 Å². The molecule has 0 aliphatic rings. The van der Waals surface area contributed by atoms with E-state index in [4.69, 9.17) is 10.2 Å². The highest BCUT2D eigenvalue weighted by molar-refractivity contribution is 5.91. The van der Waals surface area contributed by atoms with E-state index in [1.807, 2.05) is 32.9 Å². The smallest absolute Gasteiger partial charge is 0.319 e. The van der Waals surface area contributed by atoms with Gasteiger partial charge in [-0.15, -0.1) is 0 Å². The first-order valence-corrected chi connectivity index (χ1v) is 5.85. The molecule has 1 aromatic carbocycles. The van der Waals surface area contributed by atoms with Gasteiger partial charge in [0.1, 0.15) is 0 Å². The fourth-order valence-electron chi connectivity index (χ4n) is 1.81. The van der Waals surface area contributed by atoms with E-state index in [9.17, 15) is 4.79 Å². The zero-order valence-corrected chi connectivity index (χ0v) is 10.9. The average Bonchev–Trinajstić information content (AvgIpc) is 2.30. The molecule has 1 atom stereocenters. The summed E-state index contributed by atoms with van der Waals surface area (Å²) in [6.45, 7) is 5.51. The van der Waals surface area contributed by atoms with Gasteiger partial charge in [0.05, 0.1) is 12.7 Å². The molecule has 0 saturated carbocycles.